The van der Waals surface area contributed by atoms with Gasteiger partial charge in [-0.05, 0) is 30.7 Å². The van der Waals surface area contributed by atoms with Gasteiger partial charge in [0.1, 0.15) is 5.75 Å². The normalized spacial score (nSPS) is 23.7. The first-order valence-electron chi connectivity index (χ1n) is 8.51. The van der Waals surface area contributed by atoms with Crippen LogP contribution in [0.3, 0.4) is 0 Å². The van der Waals surface area contributed by atoms with Crippen LogP contribution in [0.5, 0.6) is 5.75 Å². The van der Waals surface area contributed by atoms with Crippen LogP contribution >= 0.6 is 0 Å². The topological polar surface area (TPSA) is 59.6 Å². The van der Waals surface area contributed by atoms with E-state index in [-0.39, 0.29) is 6.04 Å². The number of hydrogen-bond acceptors (Lipinski definition) is 2. The molecule has 1 aliphatic heterocycles. The number of aliphatic imine (C=N–C) groups is 1. The Balaban J connectivity index is 1.64. The smallest absolute Gasteiger partial charge is 0.189 e. The number of benzene rings is 1. The molecule has 0 bridgehead atoms. The monoisotopic (exact) mass is 301 g/mol. The Bertz CT molecular complexity index is 535. The van der Waals surface area contributed by atoms with Gasteiger partial charge in [-0.2, -0.15) is 0 Å². The Kier molecular flexibility index (Phi) is 4.55. The fraction of sp³-hybridized carbons (Fsp3) is 0.611. The lowest BCUT2D eigenvalue weighted by atomic mass is 9.84. The van der Waals surface area contributed by atoms with Crippen LogP contribution in [0.25, 0.3) is 0 Å². The highest BCUT2D eigenvalue weighted by atomic mass is 16.5. The summed E-state index contributed by atoms with van der Waals surface area (Å²) >= 11 is 0. The van der Waals surface area contributed by atoms with Crippen molar-refractivity contribution in [3.05, 3.63) is 29.8 Å². The predicted octanol–water partition coefficient (Wildman–Crippen LogP) is 3.38. The van der Waals surface area contributed by atoms with Crippen LogP contribution in [0.15, 0.2) is 29.3 Å². The molecule has 2 aliphatic rings. The fourth-order valence-corrected chi connectivity index (χ4v) is 3.72. The van der Waals surface area contributed by atoms with Crippen LogP contribution in [0.4, 0.5) is 0 Å². The maximum Gasteiger partial charge on any atom is 0.189 e. The fourth-order valence-electron chi connectivity index (χ4n) is 3.72. The lowest BCUT2D eigenvalue weighted by molar-refractivity contribution is 0.261. The standard InChI is InChI=1S/C18H27N3O/c1-2-18(10-5-6-11-18)13-20-17(19)21-15-9-12-22-16-8-4-3-7-14(15)16/h3-4,7-8,15H,2,5-6,9-13H2,1H3,(H3,19,20,21). The maximum atomic E-state index is 6.15. The summed E-state index contributed by atoms with van der Waals surface area (Å²) in [5.41, 5.74) is 7.72. The average molecular weight is 301 g/mol. The SMILES string of the molecule is CCC1(CN=C(N)NC2CCOc3ccccc32)CCCC1. The second kappa shape index (κ2) is 6.59. The molecule has 1 aromatic carbocycles. The van der Waals surface area contributed by atoms with E-state index < -0.39 is 0 Å². The number of nitrogens with one attached hydrogen (secondary N) is 1. The third-order valence-corrected chi connectivity index (χ3v) is 5.28. The number of nitrogens with two attached hydrogens (primary N) is 1. The number of rotatable bonds is 4. The van der Waals surface area contributed by atoms with E-state index in [9.17, 15) is 0 Å². The first kappa shape index (κ1) is 15.2. The molecular formula is C18H27N3O. The Labute approximate surface area is 133 Å². The van der Waals surface area contributed by atoms with Crippen molar-refractivity contribution < 1.29 is 4.74 Å². The van der Waals surface area contributed by atoms with E-state index in [0.29, 0.717) is 11.4 Å². The van der Waals surface area contributed by atoms with Gasteiger partial charge in [0.15, 0.2) is 5.96 Å². The molecule has 0 spiro atoms. The molecule has 1 heterocycles. The lowest BCUT2D eigenvalue weighted by Gasteiger charge is -2.28. The van der Waals surface area contributed by atoms with Crippen molar-refractivity contribution in [1.82, 2.24) is 5.32 Å². The molecule has 1 aliphatic carbocycles. The first-order valence-corrected chi connectivity index (χ1v) is 8.51. The molecule has 1 atom stereocenters. The molecule has 120 valence electrons. The molecule has 0 amide bonds. The second-order valence-electron chi connectivity index (χ2n) is 6.63. The van der Waals surface area contributed by atoms with Gasteiger partial charge < -0.3 is 15.8 Å². The lowest BCUT2D eigenvalue weighted by Crippen LogP contribution is -2.38. The van der Waals surface area contributed by atoms with E-state index in [1.807, 2.05) is 18.2 Å². The zero-order valence-electron chi connectivity index (χ0n) is 13.5. The summed E-state index contributed by atoms with van der Waals surface area (Å²) in [5, 5.41) is 3.39. The van der Waals surface area contributed by atoms with Gasteiger partial charge in [-0.1, -0.05) is 38.0 Å². The number of hydrogen-bond donors (Lipinski definition) is 2. The third kappa shape index (κ3) is 3.21. The minimum absolute atomic E-state index is 0.204. The second-order valence-corrected chi connectivity index (χ2v) is 6.63. The van der Waals surface area contributed by atoms with Gasteiger partial charge in [0.2, 0.25) is 0 Å². The van der Waals surface area contributed by atoms with Gasteiger partial charge in [-0.25, -0.2) is 0 Å². The van der Waals surface area contributed by atoms with Crippen molar-refractivity contribution in [1.29, 1.82) is 0 Å². The Morgan fingerprint density at radius 2 is 2.14 bits per heavy atom. The van der Waals surface area contributed by atoms with Crippen LogP contribution in [0.1, 0.15) is 57.1 Å². The van der Waals surface area contributed by atoms with Crippen LogP contribution in [-0.2, 0) is 0 Å². The Morgan fingerprint density at radius 3 is 2.91 bits per heavy atom. The van der Waals surface area contributed by atoms with E-state index in [0.717, 1.165) is 25.3 Å². The molecule has 3 rings (SSSR count). The third-order valence-electron chi connectivity index (χ3n) is 5.28. The molecule has 0 saturated heterocycles. The molecule has 1 saturated carbocycles. The van der Waals surface area contributed by atoms with E-state index in [1.165, 1.54) is 37.7 Å². The van der Waals surface area contributed by atoms with Gasteiger partial charge >= 0.3 is 0 Å². The highest BCUT2D eigenvalue weighted by molar-refractivity contribution is 5.78. The largest absolute Gasteiger partial charge is 0.493 e. The summed E-state index contributed by atoms with van der Waals surface area (Å²) in [7, 11) is 0. The predicted molar refractivity (Wildman–Crippen MR) is 90.1 cm³/mol. The van der Waals surface area contributed by atoms with E-state index in [1.54, 1.807) is 0 Å². The molecule has 22 heavy (non-hydrogen) atoms. The van der Waals surface area contributed by atoms with Gasteiger partial charge in [0.25, 0.3) is 0 Å². The summed E-state index contributed by atoms with van der Waals surface area (Å²) in [6.45, 7) is 3.85. The molecule has 4 heteroatoms. The summed E-state index contributed by atoms with van der Waals surface area (Å²) in [6.07, 6.45) is 7.38. The summed E-state index contributed by atoms with van der Waals surface area (Å²) in [6, 6.07) is 8.37. The number of guanidine groups is 1. The van der Waals surface area contributed by atoms with Crippen molar-refractivity contribution >= 4 is 5.96 Å². The Morgan fingerprint density at radius 1 is 1.36 bits per heavy atom. The van der Waals surface area contributed by atoms with Crippen molar-refractivity contribution in [2.75, 3.05) is 13.2 Å². The van der Waals surface area contributed by atoms with Crippen molar-refractivity contribution in [2.45, 2.75) is 51.5 Å². The minimum Gasteiger partial charge on any atom is -0.493 e. The van der Waals surface area contributed by atoms with Crippen LogP contribution in [0.2, 0.25) is 0 Å². The van der Waals surface area contributed by atoms with Crippen LogP contribution in [0, 0.1) is 5.41 Å². The zero-order chi connectivity index (χ0) is 15.4. The number of ether oxygens (including phenoxy) is 1. The first-order chi connectivity index (χ1) is 10.7. The minimum atomic E-state index is 0.204. The van der Waals surface area contributed by atoms with Gasteiger partial charge in [-0.15, -0.1) is 0 Å². The van der Waals surface area contributed by atoms with E-state index in [4.69, 9.17) is 10.5 Å². The molecular weight excluding hydrogens is 274 g/mol. The van der Waals surface area contributed by atoms with Crippen molar-refractivity contribution in [3.8, 4) is 5.75 Å². The molecule has 3 N–H and O–H groups in total. The van der Waals surface area contributed by atoms with Crippen LogP contribution in [-0.4, -0.2) is 19.1 Å². The molecule has 1 unspecified atom stereocenters. The van der Waals surface area contributed by atoms with Gasteiger partial charge in [0, 0.05) is 18.5 Å². The summed E-state index contributed by atoms with van der Waals surface area (Å²) < 4.78 is 5.69. The van der Waals surface area contributed by atoms with Gasteiger partial charge in [0.05, 0.1) is 12.6 Å². The molecule has 4 nitrogen and oxygen atoms in total. The quantitative estimate of drug-likeness (QED) is 0.662. The molecule has 0 radical (unpaired) electrons. The number of nitrogens with zero attached hydrogens (tertiary/aromatic N) is 1. The number of para-hydroxylation sites is 1. The van der Waals surface area contributed by atoms with E-state index in [2.05, 4.69) is 23.3 Å². The maximum absolute atomic E-state index is 6.15. The molecule has 0 aromatic heterocycles. The van der Waals surface area contributed by atoms with Crippen LogP contribution < -0.4 is 15.8 Å². The summed E-state index contributed by atoms with van der Waals surface area (Å²) in [5.74, 6) is 1.53. The summed E-state index contributed by atoms with van der Waals surface area (Å²) in [4.78, 5) is 4.66. The Hall–Kier alpha value is -1.71. The number of fused-ring (bicyclic) bond motifs is 1. The molecule has 1 aromatic rings. The van der Waals surface area contributed by atoms with Gasteiger partial charge in [-0.3, -0.25) is 4.99 Å². The van der Waals surface area contributed by atoms with Crippen molar-refractivity contribution in [3.63, 3.8) is 0 Å². The highest BCUT2D eigenvalue weighted by Crippen LogP contribution is 2.41. The zero-order valence-corrected chi connectivity index (χ0v) is 13.5. The average Bonchev–Trinajstić information content (AvgIpc) is 3.03. The van der Waals surface area contributed by atoms with Crippen molar-refractivity contribution in [2.24, 2.45) is 16.1 Å². The molecule has 1 fully saturated rings. The highest BCUT2D eigenvalue weighted by Gasteiger charge is 2.31. The van der Waals surface area contributed by atoms with E-state index >= 15 is 0 Å².